The number of carbonyl (C=O) groups is 3. The van der Waals surface area contributed by atoms with Crippen molar-refractivity contribution < 1.29 is 27.5 Å². The number of aryl methyl sites for hydroxylation is 1. The molecule has 0 saturated carbocycles. The Labute approximate surface area is 215 Å². The summed E-state index contributed by atoms with van der Waals surface area (Å²) in [6, 6.07) is 11.5. The normalized spacial score (nSPS) is 18.8. The Morgan fingerprint density at radius 2 is 1.78 bits per heavy atom. The van der Waals surface area contributed by atoms with E-state index >= 15 is 0 Å². The molecule has 9 nitrogen and oxygen atoms in total. The van der Waals surface area contributed by atoms with Gasteiger partial charge in [-0.1, -0.05) is 35.7 Å². The van der Waals surface area contributed by atoms with Gasteiger partial charge in [-0.25, -0.2) is 8.42 Å². The molecule has 0 aromatic heterocycles. The van der Waals surface area contributed by atoms with Crippen LogP contribution in [0.5, 0.6) is 0 Å². The van der Waals surface area contributed by atoms with Crippen LogP contribution in [0.15, 0.2) is 47.4 Å². The molecule has 2 aromatic carbocycles. The average molecular weight is 534 g/mol. The lowest BCUT2D eigenvalue weighted by Gasteiger charge is -2.26. The quantitative estimate of drug-likeness (QED) is 0.546. The second-order valence-electron chi connectivity index (χ2n) is 9.00. The summed E-state index contributed by atoms with van der Waals surface area (Å²) in [5.41, 5.74) is 1.87. The van der Waals surface area contributed by atoms with Gasteiger partial charge in [0.2, 0.25) is 15.9 Å². The van der Waals surface area contributed by atoms with Crippen LogP contribution in [0, 0.1) is 12.8 Å². The number of piperidine rings is 1. The van der Waals surface area contributed by atoms with Gasteiger partial charge in [0.15, 0.2) is 6.61 Å². The number of sulfonamides is 1. The molecular formula is C25H28ClN3O6S. The van der Waals surface area contributed by atoms with Gasteiger partial charge in [0.05, 0.1) is 21.5 Å². The van der Waals surface area contributed by atoms with Crippen molar-refractivity contribution in [1.29, 1.82) is 0 Å². The molecule has 0 radical (unpaired) electrons. The maximum atomic E-state index is 12.9. The highest BCUT2D eigenvalue weighted by atomic mass is 35.5. The van der Waals surface area contributed by atoms with Crippen LogP contribution in [-0.2, 0) is 29.1 Å². The van der Waals surface area contributed by atoms with E-state index in [1.165, 1.54) is 27.4 Å². The molecule has 2 saturated heterocycles. The molecule has 2 fully saturated rings. The molecule has 0 spiro atoms. The standard InChI is InChI=1S/C25H28ClN3O6S/c1-17-5-7-19(8-6-17)29-15-18(13-24(29)31)25(32)35-16-23(30)27-22-14-20(9-10-21(22)26)36(33,34)28-11-3-2-4-12-28/h5-10,14,18H,2-4,11-13,15-16H2,1H3,(H,27,30)/t18-/m0/s1. The first-order valence-electron chi connectivity index (χ1n) is 11.8. The number of amides is 2. The number of hydrogen-bond acceptors (Lipinski definition) is 6. The molecule has 4 rings (SSSR count). The Hall–Kier alpha value is -2.95. The third kappa shape index (κ3) is 5.88. The van der Waals surface area contributed by atoms with Crippen molar-refractivity contribution in [3.05, 3.63) is 53.1 Å². The number of esters is 1. The summed E-state index contributed by atoms with van der Waals surface area (Å²) >= 11 is 6.17. The van der Waals surface area contributed by atoms with Crippen molar-refractivity contribution in [2.45, 2.75) is 37.5 Å². The Morgan fingerprint density at radius 1 is 1.08 bits per heavy atom. The van der Waals surface area contributed by atoms with E-state index in [4.69, 9.17) is 16.3 Å². The highest BCUT2D eigenvalue weighted by molar-refractivity contribution is 7.89. The maximum absolute atomic E-state index is 12.9. The minimum Gasteiger partial charge on any atom is -0.455 e. The summed E-state index contributed by atoms with van der Waals surface area (Å²) in [5, 5.41) is 2.67. The lowest BCUT2D eigenvalue weighted by molar-refractivity contribution is -0.151. The largest absolute Gasteiger partial charge is 0.455 e. The van der Waals surface area contributed by atoms with Gasteiger partial charge in [0.1, 0.15) is 0 Å². The Balaban J connectivity index is 1.34. The first kappa shape index (κ1) is 26.1. The van der Waals surface area contributed by atoms with Crippen molar-refractivity contribution in [2.75, 3.05) is 36.5 Å². The van der Waals surface area contributed by atoms with Crippen LogP contribution >= 0.6 is 11.6 Å². The van der Waals surface area contributed by atoms with E-state index < -0.39 is 34.4 Å². The summed E-state index contributed by atoms with van der Waals surface area (Å²) in [6.07, 6.45) is 2.59. The lowest BCUT2D eigenvalue weighted by Crippen LogP contribution is -2.35. The van der Waals surface area contributed by atoms with Crippen molar-refractivity contribution in [2.24, 2.45) is 5.92 Å². The molecule has 0 aliphatic carbocycles. The molecule has 2 heterocycles. The van der Waals surface area contributed by atoms with E-state index in [2.05, 4.69) is 5.32 Å². The Bertz CT molecular complexity index is 1260. The third-order valence-corrected chi connectivity index (χ3v) is 8.54. The number of hydrogen-bond donors (Lipinski definition) is 1. The van der Waals surface area contributed by atoms with Gasteiger partial charge in [-0.15, -0.1) is 0 Å². The topological polar surface area (TPSA) is 113 Å². The summed E-state index contributed by atoms with van der Waals surface area (Å²) in [5.74, 6) is -2.20. The van der Waals surface area contributed by atoms with Gasteiger partial charge in [-0.05, 0) is 50.1 Å². The molecule has 2 aliphatic heterocycles. The van der Waals surface area contributed by atoms with Gasteiger partial charge >= 0.3 is 5.97 Å². The molecule has 0 unspecified atom stereocenters. The summed E-state index contributed by atoms with van der Waals surface area (Å²) < 4.78 is 32.5. The van der Waals surface area contributed by atoms with Crippen LogP contribution in [-0.4, -0.2) is 56.7 Å². The highest BCUT2D eigenvalue weighted by Gasteiger charge is 2.36. The molecule has 2 amide bonds. The summed E-state index contributed by atoms with van der Waals surface area (Å²) in [7, 11) is -3.71. The van der Waals surface area contributed by atoms with Gasteiger partial charge in [-0.2, -0.15) is 4.31 Å². The molecular weight excluding hydrogens is 506 g/mol. The first-order chi connectivity index (χ1) is 17.1. The second-order valence-corrected chi connectivity index (χ2v) is 11.3. The minimum atomic E-state index is -3.71. The molecule has 192 valence electrons. The zero-order valence-corrected chi connectivity index (χ0v) is 21.5. The second kappa shape index (κ2) is 11.0. The fourth-order valence-electron chi connectivity index (χ4n) is 4.30. The molecule has 2 aromatic rings. The van der Waals surface area contributed by atoms with Crippen LogP contribution < -0.4 is 10.2 Å². The summed E-state index contributed by atoms with van der Waals surface area (Å²) in [4.78, 5) is 38.9. The SMILES string of the molecule is Cc1ccc(N2C[C@@H](C(=O)OCC(=O)Nc3cc(S(=O)(=O)N4CCCCC4)ccc3Cl)CC2=O)cc1. The van der Waals surface area contributed by atoms with Gasteiger partial charge < -0.3 is 15.0 Å². The zero-order valence-electron chi connectivity index (χ0n) is 19.9. The predicted molar refractivity (Wildman–Crippen MR) is 135 cm³/mol. The van der Waals surface area contributed by atoms with Crippen molar-refractivity contribution >= 4 is 50.8 Å². The van der Waals surface area contributed by atoms with Crippen LogP contribution in [0.4, 0.5) is 11.4 Å². The van der Waals surface area contributed by atoms with E-state index in [1.807, 2.05) is 31.2 Å². The number of anilines is 2. The van der Waals surface area contributed by atoms with Crippen molar-refractivity contribution in [3.8, 4) is 0 Å². The zero-order chi connectivity index (χ0) is 25.9. The van der Waals surface area contributed by atoms with E-state index in [1.54, 1.807) is 0 Å². The predicted octanol–water partition coefficient (Wildman–Crippen LogP) is 3.36. The number of ether oxygens (including phenoxy) is 1. The van der Waals surface area contributed by atoms with Crippen LogP contribution in [0.1, 0.15) is 31.2 Å². The molecule has 0 bridgehead atoms. The number of rotatable bonds is 7. The number of nitrogens with one attached hydrogen (secondary N) is 1. The average Bonchev–Trinajstić information content (AvgIpc) is 3.26. The van der Waals surface area contributed by atoms with Crippen LogP contribution in [0.3, 0.4) is 0 Å². The van der Waals surface area contributed by atoms with Crippen molar-refractivity contribution in [3.63, 3.8) is 0 Å². The minimum absolute atomic E-state index is 0.00341. The third-order valence-electron chi connectivity index (χ3n) is 6.31. The molecule has 1 N–H and O–H groups in total. The number of halogens is 1. The van der Waals surface area contributed by atoms with Gasteiger partial charge in [0.25, 0.3) is 5.91 Å². The first-order valence-corrected chi connectivity index (χ1v) is 13.6. The maximum Gasteiger partial charge on any atom is 0.311 e. The molecule has 1 atom stereocenters. The Morgan fingerprint density at radius 3 is 2.47 bits per heavy atom. The summed E-state index contributed by atoms with van der Waals surface area (Å²) in [6.45, 7) is 2.43. The lowest BCUT2D eigenvalue weighted by atomic mass is 10.1. The molecule has 36 heavy (non-hydrogen) atoms. The van der Waals surface area contributed by atoms with Crippen LogP contribution in [0.25, 0.3) is 0 Å². The van der Waals surface area contributed by atoms with Crippen molar-refractivity contribution in [1.82, 2.24) is 4.31 Å². The monoisotopic (exact) mass is 533 g/mol. The number of nitrogens with zero attached hydrogens (tertiary/aromatic N) is 2. The molecule has 11 heteroatoms. The van der Waals surface area contributed by atoms with E-state index in [0.29, 0.717) is 18.8 Å². The smallest absolute Gasteiger partial charge is 0.311 e. The van der Waals surface area contributed by atoms with E-state index in [-0.39, 0.29) is 34.5 Å². The van der Waals surface area contributed by atoms with Gasteiger partial charge in [-0.3, -0.25) is 14.4 Å². The van der Waals surface area contributed by atoms with E-state index in [9.17, 15) is 22.8 Å². The fraction of sp³-hybridized carbons (Fsp3) is 0.400. The fourth-order valence-corrected chi connectivity index (χ4v) is 6.00. The van der Waals surface area contributed by atoms with Crippen LogP contribution in [0.2, 0.25) is 5.02 Å². The number of benzene rings is 2. The number of carbonyl (C=O) groups excluding carboxylic acids is 3. The Kier molecular flexibility index (Phi) is 7.97. The molecule has 2 aliphatic rings. The van der Waals surface area contributed by atoms with E-state index in [0.717, 1.165) is 24.8 Å². The highest BCUT2D eigenvalue weighted by Crippen LogP contribution is 2.29. The van der Waals surface area contributed by atoms with Gasteiger partial charge in [0, 0.05) is 31.7 Å².